The molecule has 0 radical (unpaired) electrons. The Morgan fingerprint density at radius 1 is 1.25 bits per heavy atom. The Balaban J connectivity index is 2.67. The van der Waals surface area contributed by atoms with Crippen LogP contribution in [0.1, 0.15) is 11.4 Å². The third-order valence-corrected chi connectivity index (χ3v) is 1.98. The first-order valence-corrected chi connectivity index (χ1v) is 4.35. The van der Waals surface area contributed by atoms with Gasteiger partial charge >= 0.3 is 0 Å². The summed E-state index contributed by atoms with van der Waals surface area (Å²) in [5, 5.41) is 17.8. The van der Waals surface area contributed by atoms with Gasteiger partial charge in [0, 0.05) is 12.4 Å². The fourth-order valence-corrected chi connectivity index (χ4v) is 1.30. The van der Waals surface area contributed by atoms with Crippen LogP contribution in [0.4, 0.5) is 5.69 Å². The van der Waals surface area contributed by atoms with E-state index in [1.807, 2.05) is 12.1 Å². The van der Waals surface area contributed by atoms with Crippen molar-refractivity contribution < 1.29 is 0 Å². The number of hydrogen-bond donors (Lipinski definition) is 1. The molecular weight excluding hydrogens is 204 g/mol. The van der Waals surface area contributed by atoms with Gasteiger partial charge in [0.25, 0.3) is 0 Å². The summed E-state index contributed by atoms with van der Waals surface area (Å²) in [6.45, 7) is 0. The molecule has 2 aromatic heterocycles. The summed E-state index contributed by atoms with van der Waals surface area (Å²) in [4.78, 5) is 7.85. The Kier molecular flexibility index (Phi) is 2.25. The highest BCUT2D eigenvalue weighted by atomic mass is 15.1. The van der Waals surface area contributed by atoms with Gasteiger partial charge in [-0.05, 0) is 6.07 Å². The molecule has 2 rings (SSSR count). The molecule has 0 atom stereocenters. The minimum absolute atomic E-state index is 0.175. The maximum atomic E-state index is 8.94. The lowest BCUT2D eigenvalue weighted by Gasteiger charge is -2.04. The smallest absolute Gasteiger partial charge is 0.218 e. The van der Waals surface area contributed by atoms with E-state index in [0.717, 1.165) is 0 Å². The number of nitriles is 2. The molecule has 2 N–H and O–H groups in total. The number of nitrogen functional groups attached to an aromatic ring is 1. The van der Waals surface area contributed by atoms with Crippen LogP contribution < -0.4 is 5.73 Å². The van der Waals surface area contributed by atoms with Crippen LogP contribution in [-0.2, 0) is 0 Å². The molecule has 0 unspecified atom stereocenters. The summed E-state index contributed by atoms with van der Waals surface area (Å²) in [5.41, 5.74) is 6.23. The minimum atomic E-state index is 0.175. The first kappa shape index (κ1) is 9.69. The fraction of sp³-hybridized carbons (Fsp3) is 0. The number of rotatable bonds is 1. The first-order valence-electron chi connectivity index (χ1n) is 4.35. The number of hydrogen-bond acceptors (Lipinski definition) is 5. The molecule has 0 aliphatic heterocycles. The number of imidazole rings is 1. The monoisotopic (exact) mass is 210 g/mol. The van der Waals surface area contributed by atoms with Crippen molar-refractivity contribution in [2.45, 2.75) is 0 Å². The highest BCUT2D eigenvalue weighted by Gasteiger charge is 2.10. The van der Waals surface area contributed by atoms with E-state index in [9.17, 15) is 0 Å². The van der Waals surface area contributed by atoms with Crippen molar-refractivity contribution in [2.24, 2.45) is 0 Å². The lowest BCUT2D eigenvalue weighted by molar-refractivity contribution is 0.962. The van der Waals surface area contributed by atoms with Gasteiger partial charge in [0.15, 0.2) is 5.82 Å². The van der Waals surface area contributed by atoms with Crippen LogP contribution in [0.2, 0.25) is 0 Å². The summed E-state index contributed by atoms with van der Waals surface area (Å²) in [6, 6.07) is 5.39. The van der Waals surface area contributed by atoms with Gasteiger partial charge in [0.2, 0.25) is 5.82 Å². The number of anilines is 1. The molecule has 0 saturated carbocycles. The predicted molar refractivity (Wildman–Crippen MR) is 55.2 cm³/mol. The molecule has 0 aliphatic rings. The molecular formula is C10H6N6. The van der Waals surface area contributed by atoms with Crippen LogP contribution in [-0.4, -0.2) is 14.5 Å². The van der Waals surface area contributed by atoms with Gasteiger partial charge in [-0.2, -0.15) is 10.5 Å². The average molecular weight is 210 g/mol. The van der Waals surface area contributed by atoms with Crippen LogP contribution in [0, 0.1) is 22.7 Å². The number of nitrogens with two attached hydrogens (primary N) is 1. The largest absolute Gasteiger partial charge is 0.397 e. The molecule has 16 heavy (non-hydrogen) atoms. The van der Waals surface area contributed by atoms with Crippen molar-refractivity contribution in [1.29, 1.82) is 10.5 Å². The van der Waals surface area contributed by atoms with Gasteiger partial charge < -0.3 is 5.73 Å². The molecule has 2 heterocycles. The van der Waals surface area contributed by atoms with E-state index in [1.165, 1.54) is 23.0 Å². The van der Waals surface area contributed by atoms with Crippen LogP contribution >= 0.6 is 0 Å². The Bertz CT molecular complexity index is 613. The zero-order valence-electron chi connectivity index (χ0n) is 8.12. The number of aromatic nitrogens is 3. The van der Waals surface area contributed by atoms with Crippen molar-refractivity contribution in [2.75, 3.05) is 5.73 Å². The fourth-order valence-electron chi connectivity index (χ4n) is 1.30. The van der Waals surface area contributed by atoms with Crippen LogP contribution in [0.3, 0.4) is 0 Å². The third-order valence-electron chi connectivity index (χ3n) is 1.98. The van der Waals surface area contributed by atoms with E-state index < -0.39 is 0 Å². The molecule has 6 heteroatoms. The molecule has 0 bridgehead atoms. The Morgan fingerprint density at radius 2 is 2.06 bits per heavy atom. The lowest BCUT2D eigenvalue weighted by Crippen LogP contribution is -2.03. The second-order valence-electron chi connectivity index (χ2n) is 2.98. The van der Waals surface area contributed by atoms with Gasteiger partial charge in [-0.15, -0.1) is 0 Å². The average Bonchev–Trinajstić information content (AvgIpc) is 2.76. The highest BCUT2D eigenvalue weighted by Crippen LogP contribution is 2.15. The molecule has 76 valence electrons. The third kappa shape index (κ3) is 1.45. The quantitative estimate of drug-likeness (QED) is 0.741. The van der Waals surface area contributed by atoms with E-state index >= 15 is 0 Å². The topological polar surface area (TPSA) is 104 Å². The van der Waals surface area contributed by atoms with Crippen molar-refractivity contribution in [3.05, 3.63) is 36.0 Å². The molecule has 6 nitrogen and oxygen atoms in total. The van der Waals surface area contributed by atoms with E-state index in [1.54, 1.807) is 6.20 Å². The standard InChI is InChI=1S/C10H6N6/c11-4-7-3-8(13)6-15-10(7)16-2-1-14-9(16)5-12/h1-3,6H,13H2. The molecule has 0 amide bonds. The van der Waals surface area contributed by atoms with Crippen LogP contribution in [0.15, 0.2) is 24.7 Å². The molecule has 2 aromatic rings. The van der Waals surface area contributed by atoms with Crippen molar-refractivity contribution in [3.8, 4) is 18.0 Å². The van der Waals surface area contributed by atoms with Gasteiger partial charge in [-0.3, -0.25) is 4.57 Å². The highest BCUT2D eigenvalue weighted by molar-refractivity contribution is 5.52. The summed E-state index contributed by atoms with van der Waals surface area (Å²) in [5.74, 6) is 0.527. The van der Waals surface area contributed by atoms with E-state index in [2.05, 4.69) is 9.97 Å². The minimum Gasteiger partial charge on any atom is -0.397 e. The number of nitrogens with zero attached hydrogens (tertiary/aromatic N) is 5. The number of pyridine rings is 1. The Morgan fingerprint density at radius 3 is 2.75 bits per heavy atom. The van der Waals surface area contributed by atoms with Crippen LogP contribution in [0.25, 0.3) is 5.82 Å². The molecule has 0 fully saturated rings. The Hall–Kier alpha value is -2.86. The lowest BCUT2D eigenvalue weighted by atomic mass is 10.2. The maximum absolute atomic E-state index is 8.94. The first-order chi connectivity index (χ1) is 7.76. The predicted octanol–water partition coefficient (Wildman–Crippen LogP) is 0.593. The van der Waals surface area contributed by atoms with Crippen LogP contribution in [0.5, 0.6) is 0 Å². The second kappa shape index (κ2) is 3.71. The zero-order chi connectivity index (χ0) is 11.5. The molecule has 0 aliphatic carbocycles. The summed E-state index contributed by atoms with van der Waals surface area (Å²) in [6.07, 6.45) is 4.47. The Labute approximate surface area is 91.2 Å². The second-order valence-corrected chi connectivity index (χ2v) is 2.98. The molecule has 0 aromatic carbocycles. The summed E-state index contributed by atoms with van der Waals surface area (Å²) < 4.78 is 1.44. The summed E-state index contributed by atoms with van der Waals surface area (Å²) >= 11 is 0. The van der Waals surface area contributed by atoms with Crippen molar-refractivity contribution in [3.63, 3.8) is 0 Å². The van der Waals surface area contributed by atoms with E-state index in [0.29, 0.717) is 17.1 Å². The SMILES string of the molecule is N#Cc1cc(N)cnc1-n1ccnc1C#N. The van der Waals surface area contributed by atoms with Gasteiger partial charge in [0.05, 0.1) is 17.4 Å². The van der Waals surface area contributed by atoms with Crippen molar-refractivity contribution in [1.82, 2.24) is 14.5 Å². The molecule has 0 spiro atoms. The summed E-state index contributed by atoms with van der Waals surface area (Å²) in [7, 11) is 0. The van der Waals surface area contributed by atoms with Gasteiger partial charge in [-0.25, -0.2) is 9.97 Å². The van der Waals surface area contributed by atoms with Gasteiger partial charge in [0.1, 0.15) is 12.1 Å². The maximum Gasteiger partial charge on any atom is 0.218 e. The van der Waals surface area contributed by atoms with E-state index in [4.69, 9.17) is 16.3 Å². The normalized spacial score (nSPS) is 9.38. The zero-order valence-corrected chi connectivity index (χ0v) is 8.12. The van der Waals surface area contributed by atoms with Gasteiger partial charge in [-0.1, -0.05) is 0 Å². The molecule has 0 saturated heterocycles. The van der Waals surface area contributed by atoms with E-state index in [-0.39, 0.29) is 5.82 Å². The van der Waals surface area contributed by atoms with Crippen molar-refractivity contribution >= 4 is 5.69 Å².